The van der Waals surface area contributed by atoms with Gasteiger partial charge >= 0.3 is 5.97 Å². The van der Waals surface area contributed by atoms with Gasteiger partial charge in [0.1, 0.15) is 0 Å². The van der Waals surface area contributed by atoms with E-state index in [0.717, 1.165) is 14.9 Å². The highest BCUT2D eigenvalue weighted by Crippen LogP contribution is 2.27. The van der Waals surface area contributed by atoms with Crippen molar-refractivity contribution < 1.29 is 9.53 Å². The van der Waals surface area contributed by atoms with Crippen molar-refractivity contribution >= 4 is 33.2 Å². The average molecular weight is 312 g/mol. The summed E-state index contributed by atoms with van der Waals surface area (Å²) in [6.45, 7) is 2.15. The van der Waals surface area contributed by atoms with Crippen LogP contribution in [0.3, 0.4) is 0 Å². The summed E-state index contributed by atoms with van der Waals surface area (Å²) in [4.78, 5) is 16.5. The number of aromatic nitrogens is 1. The Labute approximate surface area is 112 Å². The lowest BCUT2D eigenvalue weighted by Gasteiger charge is -1.97. The topological polar surface area (TPSA) is 39.2 Å². The molecule has 0 saturated heterocycles. The van der Waals surface area contributed by atoms with Gasteiger partial charge in [0.05, 0.1) is 11.5 Å². The first-order valence-corrected chi connectivity index (χ1v) is 6.70. The number of nitrogens with zero attached hydrogens (tertiary/aromatic N) is 1. The van der Waals surface area contributed by atoms with Crippen LogP contribution in [-0.2, 0) is 4.74 Å². The molecule has 0 saturated carbocycles. The Balaban J connectivity index is 2.23. The number of hydrogen-bond acceptors (Lipinski definition) is 4. The predicted molar refractivity (Wildman–Crippen MR) is 71.2 cm³/mol. The molecule has 0 atom stereocenters. The molecular formula is C12H10BrNO2S. The first-order valence-electron chi connectivity index (χ1n) is 5.09. The predicted octanol–water partition coefficient (Wildman–Crippen LogP) is 3.75. The zero-order valence-corrected chi connectivity index (χ0v) is 11.5. The van der Waals surface area contributed by atoms with Gasteiger partial charge in [-0.3, -0.25) is 0 Å². The van der Waals surface area contributed by atoms with Crippen LogP contribution in [0.5, 0.6) is 0 Å². The Morgan fingerprint density at radius 2 is 2.12 bits per heavy atom. The second-order valence-corrected chi connectivity index (χ2v) is 5.20. The summed E-state index contributed by atoms with van der Waals surface area (Å²) >= 11 is 4.72. The lowest BCUT2D eigenvalue weighted by molar-refractivity contribution is 0.0526. The van der Waals surface area contributed by atoms with Gasteiger partial charge in [0, 0.05) is 10.7 Å². The van der Waals surface area contributed by atoms with E-state index in [1.807, 2.05) is 24.3 Å². The van der Waals surface area contributed by atoms with Crippen LogP contribution in [0.1, 0.15) is 16.7 Å². The summed E-state index contributed by atoms with van der Waals surface area (Å²) in [6.07, 6.45) is 1.69. The van der Waals surface area contributed by atoms with Crippen LogP contribution >= 0.6 is 27.3 Å². The first-order chi connectivity index (χ1) is 8.20. The maximum Gasteiger partial charge on any atom is 0.367 e. The van der Waals surface area contributed by atoms with Crippen molar-refractivity contribution in [3.05, 3.63) is 39.9 Å². The molecule has 3 nitrogen and oxygen atoms in total. The molecule has 2 rings (SSSR count). The third-order valence-electron chi connectivity index (χ3n) is 2.08. The molecule has 0 aliphatic carbocycles. The van der Waals surface area contributed by atoms with Gasteiger partial charge in [0.15, 0.2) is 0 Å². The number of thiazole rings is 1. The Hall–Kier alpha value is -1.20. The van der Waals surface area contributed by atoms with Gasteiger partial charge in [-0.15, -0.1) is 11.3 Å². The molecule has 17 heavy (non-hydrogen) atoms. The average Bonchev–Trinajstić information content (AvgIpc) is 2.80. The monoisotopic (exact) mass is 311 g/mol. The van der Waals surface area contributed by atoms with E-state index < -0.39 is 0 Å². The van der Waals surface area contributed by atoms with Gasteiger partial charge in [-0.05, 0) is 24.6 Å². The second-order valence-electron chi connectivity index (χ2n) is 3.26. The highest BCUT2D eigenvalue weighted by atomic mass is 79.9. The van der Waals surface area contributed by atoms with Crippen molar-refractivity contribution in [3.63, 3.8) is 0 Å². The normalized spacial score (nSPS) is 10.2. The molecule has 0 amide bonds. The fourth-order valence-electron chi connectivity index (χ4n) is 1.31. The fraction of sp³-hybridized carbons (Fsp3) is 0.167. The molecule has 5 heteroatoms. The molecule has 0 spiro atoms. The van der Waals surface area contributed by atoms with Gasteiger partial charge < -0.3 is 4.74 Å². The lowest BCUT2D eigenvalue weighted by atomic mass is 10.2. The summed E-state index contributed by atoms with van der Waals surface area (Å²) in [5, 5.41) is 0.393. The molecule has 0 N–H and O–H groups in total. The SMILES string of the molecule is CCOC(=O)c1ncc(-c2ccc(Br)cc2)s1. The van der Waals surface area contributed by atoms with Crippen LogP contribution in [-0.4, -0.2) is 17.6 Å². The highest BCUT2D eigenvalue weighted by Gasteiger charge is 2.12. The number of ether oxygens (including phenoxy) is 1. The number of halogens is 1. The van der Waals surface area contributed by atoms with E-state index in [1.165, 1.54) is 11.3 Å². The number of hydrogen-bond donors (Lipinski definition) is 0. The van der Waals surface area contributed by atoms with Gasteiger partial charge in [-0.25, -0.2) is 9.78 Å². The maximum absolute atomic E-state index is 11.5. The van der Waals surface area contributed by atoms with E-state index in [9.17, 15) is 4.79 Å². The molecule has 2 aromatic rings. The molecule has 0 aliphatic heterocycles. The van der Waals surface area contributed by atoms with E-state index in [2.05, 4.69) is 20.9 Å². The zero-order chi connectivity index (χ0) is 12.3. The molecule has 1 heterocycles. The summed E-state index contributed by atoms with van der Waals surface area (Å²) in [5.74, 6) is -0.360. The summed E-state index contributed by atoms with van der Waals surface area (Å²) in [7, 11) is 0. The minimum Gasteiger partial charge on any atom is -0.461 e. The van der Waals surface area contributed by atoms with Crippen LogP contribution in [0.15, 0.2) is 34.9 Å². The smallest absolute Gasteiger partial charge is 0.367 e. The third-order valence-corrected chi connectivity index (χ3v) is 3.64. The summed E-state index contributed by atoms with van der Waals surface area (Å²) in [6, 6.07) is 7.87. The highest BCUT2D eigenvalue weighted by molar-refractivity contribution is 9.10. The first kappa shape index (κ1) is 12.3. The van der Waals surface area contributed by atoms with E-state index in [-0.39, 0.29) is 5.97 Å². The lowest BCUT2D eigenvalue weighted by Crippen LogP contribution is -2.03. The maximum atomic E-state index is 11.5. The zero-order valence-electron chi connectivity index (χ0n) is 9.14. The third kappa shape index (κ3) is 2.92. The van der Waals surface area contributed by atoms with Crippen molar-refractivity contribution in [2.45, 2.75) is 6.92 Å². The van der Waals surface area contributed by atoms with Crippen molar-refractivity contribution in [1.29, 1.82) is 0 Å². The second kappa shape index (κ2) is 5.42. The van der Waals surface area contributed by atoms with E-state index >= 15 is 0 Å². The number of rotatable bonds is 3. The largest absolute Gasteiger partial charge is 0.461 e. The molecular weight excluding hydrogens is 302 g/mol. The fourth-order valence-corrected chi connectivity index (χ4v) is 2.39. The van der Waals surface area contributed by atoms with E-state index in [0.29, 0.717) is 11.6 Å². The van der Waals surface area contributed by atoms with E-state index in [1.54, 1.807) is 13.1 Å². The van der Waals surface area contributed by atoms with Crippen LogP contribution in [0.4, 0.5) is 0 Å². The van der Waals surface area contributed by atoms with Crippen molar-refractivity contribution in [1.82, 2.24) is 4.98 Å². The van der Waals surface area contributed by atoms with Crippen LogP contribution in [0.25, 0.3) is 10.4 Å². The quantitative estimate of drug-likeness (QED) is 0.810. The van der Waals surface area contributed by atoms with Crippen molar-refractivity contribution in [2.75, 3.05) is 6.61 Å². The van der Waals surface area contributed by atoms with Gasteiger partial charge in [0.2, 0.25) is 5.01 Å². The Bertz CT molecular complexity index is 522. The van der Waals surface area contributed by atoms with Gasteiger partial charge in [-0.1, -0.05) is 28.1 Å². The van der Waals surface area contributed by atoms with E-state index in [4.69, 9.17) is 4.74 Å². The van der Waals surface area contributed by atoms with Gasteiger partial charge in [-0.2, -0.15) is 0 Å². The molecule has 1 aromatic heterocycles. The molecule has 0 bridgehead atoms. The summed E-state index contributed by atoms with van der Waals surface area (Å²) < 4.78 is 5.92. The Kier molecular flexibility index (Phi) is 3.91. The molecule has 0 aliphatic rings. The minimum absolute atomic E-state index is 0.360. The molecule has 0 unspecified atom stereocenters. The molecule has 1 aromatic carbocycles. The summed E-state index contributed by atoms with van der Waals surface area (Å²) in [5.41, 5.74) is 1.04. The van der Waals surface area contributed by atoms with Crippen LogP contribution < -0.4 is 0 Å². The minimum atomic E-state index is -0.360. The van der Waals surface area contributed by atoms with Gasteiger partial charge in [0.25, 0.3) is 0 Å². The molecule has 0 fully saturated rings. The Morgan fingerprint density at radius 3 is 2.76 bits per heavy atom. The number of benzene rings is 1. The number of carbonyl (C=O) groups is 1. The van der Waals surface area contributed by atoms with Crippen molar-refractivity contribution in [3.8, 4) is 10.4 Å². The number of esters is 1. The van der Waals surface area contributed by atoms with Crippen molar-refractivity contribution in [2.24, 2.45) is 0 Å². The molecule has 0 radical (unpaired) electrons. The van der Waals surface area contributed by atoms with Crippen LogP contribution in [0.2, 0.25) is 0 Å². The van der Waals surface area contributed by atoms with Crippen LogP contribution in [0, 0.1) is 0 Å². The number of carbonyl (C=O) groups excluding carboxylic acids is 1. The standard InChI is InChI=1S/C12H10BrNO2S/c1-2-16-12(15)11-14-7-10(17-11)8-3-5-9(13)6-4-8/h3-7H,2H2,1H3. The molecule has 88 valence electrons. The Morgan fingerprint density at radius 1 is 1.41 bits per heavy atom.